The molecule has 0 spiro atoms. The molecule has 0 radical (unpaired) electrons. The van der Waals surface area contributed by atoms with E-state index < -0.39 is 0 Å². The second-order valence-corrected chi connectivity index (χ2v) is 6.57. The monoisotopic (exact) mass is 388 g/mol. The van der Waals surface area contributed by atoms with Gasteiger partial charge in [-0.3, -0.25) is 4.79 Å². The van der Waals surface area contributed by atoms with E-state index in [-0.39, 0.29) is 5.78 Å². The fourth-order valence-electron chi connectivity index (χ4n) is 2.92. The summed E-state index contributed by atoms with van der Waals surface area (Å²) in [6, 6.07) is 7.72. The van der Waals surface area contributed by atoms with Crippen molar-refractivity contribution in [2.45, 2.75) is 32.8 Å². The van der Waals surface area contributed by atoms with Gasteiger partial charge in [0.25, 0.3) is 0 Å². The topological polar surface area (TPSA) is 92.3 Å². The maximum atomic E-state index is 11.7. The van der Waals surface area contributed by atoms with Gasteiger partial charge in [-0.15, -0.1) is 0 Å². The Morgan fingerprint density at radius 1 is 1.26 bits per heavy atom. The fraction of sp³-hybridized carbons (Fsp3) is 0.421. The van der Waals surface area contributed by atoms with Crippen molar-refractivity contribution >= 4 is 46.2 Å². The second kappa shape index (κ2) is 9.05. The predicted octanol–water partition coefficient (Wildman–Crippen LogP) is 2.80. The number of ketones is 1. The summed E-state index contributed by atoms with van der Waals surface area (Å²) in [6.07, 6.45) is 1.58. The molecule has 0 aliphatic carbocycles. The average molecular weight is 388 g/mol. The number of para-hydroxylation sites is 1. The van der Waals surface area contributed by atoms with E-state index in [2.05, 4.69) is 22.6 Å². The van der Waals surface area contributed by atoms with Crippen LogP contribution in [0.5, 0.6) is 0 Å². The molecule has 27 heavy (non-hydrogen) atoms. The molecule has 144 valence electrons. The van der Waals surface area contributed by atoms with Gasteiger partial charge in [0, 0.05) is 24.8 Å². The number of aromatic nitrogens is 3. The lowest BCUT2D eigenvalue weighted by atomic mass is 10.2. The number of carbonyl (C=O) groups excluding carboxylic acids is 1. The normalized spacial score (nSPS) is 11.3. The van der Waals surface area contributed by atoms with Gasteiger partial charge in [-0.05, 0) is 25.2 Å². The number of nitrogens with zero attached hydrogens (tertiary/aromatic N) is 3. The van der Waals surface area contributed by atoms with Crippen molar-refractivity contribution in [2.75, 3.05) is 24.7 Å². The molecule has 7 nitrogen and oxygen atoms in total. The Morgan fingerprint density at radius 3 is 2.85 bits per heavy atom. The number of Topliss-reactive ketones (excluding diaryl/α,β-unsaturated/α-hetero) is 1. The maximum absolute atomic E-state index is 11.7. The third-order valence-corrected chi connectivity index (χ3v) is 4.42. The predicted molar refractivity (Wildman–Crippen MR) is 109 cm³/mol. The number of pyridine rings is 1. The maximum Gasteiger partial charge on any atom is 0.172 e. The minimum Gasteiger partial charge on any atom is -0.412 e. The third kappa shape index (κ3) is 4.33. The van der Waals surface area contributed by atoms with Crippen molar-refractivity contribution in [1.82, 2.24) is 14.7 Å². The summed E-state index contributed by atoms with van der Waals surface area (Å²) in [5.41, 5.74) is 8.27. The number of hydrogen-bond donors (Lipinski definition) is 2. The van der Waals surface area contributed by atoms with Crippen LogP contribution in [0.1, 0.15) is 32.0 Å². The van der Waals surface area contributed by atoms with Crippen molar-refractivity contribution in [3.8, 4) is 0 Å². The Hall–Kier alpha value is -2.32. The van der Waals surface area contributed by atoms with E-state index in [0.717, 1.165) is 16.4 Å². The van der Waals surface area contributed by atoms with Crippen molar-refractivity contribution < 1.29 is 14.4 Å². The molecule has 2 aromatic heterocycles. The molecule has 3 rings (SSSR count). The van der Waals surface area contributed by atoms with Gasteiger partial charge in [-0.1, -0.05) is 18.2 Å². The highest BCUT2D eigenvalue weighted by Crippen LogP contribution is 2.28. The van der Waals surface area contributed by atoms with Crippen LogP contribution in [-0.2, 0) is 16.1 Å². The highest BCUT2D eigenvalue weighted by atomic mass is 32.1. The number of benzene rings is 1. The summed E-state index contributed by atoms with van der Waals surface area (Å²) >= 11 is 4.09. The number of thiol groups is 1. The highest BCUT2D eigenvalue weighted by Gasteiger charge is 2.18. The number of anilines is 1. The van der Waals surface area contributed by atoms with Gasteiger partial charge in [0.15, 0.2) is 11.6 Å². The summed E-state index contributed by atoms with van der Waals surface area (Å²) in [5, 5.41) is 0.906. The number of imidazole rings is 1. The van der Waals surface area contributed by atoms with Gasteiger partial charge >= 0.3 is 0 Å². The number of hydrogen-bond acceptors (Lipinski definition) is 7. The molecule has 0 saturated heterocycles. The smallest absolute Gasteiger partial charge is 0.172 e. The molecule has 0 aliphatic rings. The standard InChI is InChI=1S/C19H24N4O3S/c1-2-25-12-16-22-17-18(14-7-3-4-8-15(14)21-19(17)20)23(16)26-10-5-6-13(24)9-11-27/h3-4,7-8,27H,2,5-6,9-12H2,1H3,(H2,20,21). The van der Waals surface area contributed by atoms with Crippen LogP contribution in [0.3, 0.4) is 0 Å². The van der Waals surface area contributed by atoms with Crippen molar-refractivity contribution in [1.29, 1.82) is 0 Å². The van der Waals surface area contributed by atoms with E-state index in [1.54, 1.807) is 4.73 Å². The van der Waals surface area contributed by atoms with E-state index in [1.165, 1.54) is 0 Å². The minimum atomic E-state index is 0.192. The van der Waals surface area contributed by atoms with Gasteiger partial charge in [0.2, 0.25) is 0 Å². The lowest BCUT2D eigenvalue weighted by molar-refractivity contribution is -0.119. The van der Waals surface area contributed by atoms with Crippen LogP contribution < -0.4 is 10.6 Å². The Bertz CT molecular complexity index is 941. The summed E-state index contributed by atoms with van der Waals surface area (Å²) in [4.78, 5) is 26.7. The second-order valence-electron chi connectivity index (χ2n) is 6.12. The first-order valence-electron chi connectivity index (χ1n) is 9.04. The lowest BCUT2D eigenvalue weighted by Crippen LogP contribution is -2.17. The van der Waals surface area contributed by atoms with Crippen molar-refractivity contribution in [3.05, 3.63) is 30.1 Å². The molecule has 3 aromatic rings. The zero-order valence-corrected chi connectivity index (χ0v) is 16.2. The summed E-state index contributed by atoms with van der Waals surface area (Å²) in [5.74, 6) is 1.74. The first-order valence-corrected chi connectivity index (χ1v) is 9.68. The van der Waals surface area contributed by atoms with Crippen molar-refractivity contribution in [2.24, 2.45) is 0 Å². The van der Waals surface area contributed by atoms with Crippen LogP contribution in [0, 0.1) is 0 Å². The molecule has 0 fully saturated rings. The van der Waals surface area contributed by atoms with Crippen LogP contribution in [0.25, 0.3) is 21.9 Å². The molecule has 0 aliphatic heterocycles. The van der Waals surface area contributed by atoms with E-state index in [0.29, 0.717) is 62.0 Å². The molecule has 0 atom stereocenters. The number of carbonyl (C=O) groups is 1. The van der Waals surface area contributed by atoms with E-state index in [9.17, 15) is 4.79 Å². The first kappa shape index (κ1) is 19.4. The summed E-state index contributed by atoms with van der Waals surface area (Å²) in [6.45, 7) is 3.18. The van der Waals surface area contributed by atoms with Crippen LogP contribution in [-0.4, -0.2) is 39.4 Å². The number of ether oxygens (including phenoxy) is 1. The summed E-state index contributed by atoms with van der Waals surface area (Å²) < 4.78 is 7.21. The largest absolute Gasteiger partial charge is 0.412 e. The van der Waals surface area contributed by atoms with E-state index >= 15 is 0 Å². The average Bonchev–Trinajstić information content (AvgIpc) is 3.03. The third-order valence-electron chi connectivity index (χ3n) is 4.19. The molecular weight excluding hydrogens is 364 g/mol. The Balaban J connectivity index is 1.93. The van der Waals surface area contributed by atoms with Crippen LogP contribution in [0.15, 0.2) is 24.3 Å². The Labute approximate surface area is 163 Å². The van der Waals surface area contributed by atoms with E-state index in [1.807, 2.05) is 31.2 Å². The summed E-state index contributed by atoms with van der Waals surface area (Å²) in [7, 11) is 0. The molecule has 2 N–H and O–H groups in total. The van der Waals surface area contributed by atoms with Crippen LogP contribution in [0.4, 0.5) is 5.82 Å². The fourth-order valence-corrected chi connectivity index (χ4v) is 3.17. The Morgan fingerprint density at radius 2 is 2.07 bits per heavy atom. The molecule has 0 bridgehead atoms. The van der Waals surface area contributed by atoms with Crippen molar-refractivity contribution in [3.63, 3.8) is 0 Å². The van der Waals surface area contributed by atoms with Gasteiger partial charge in [-0.25, -0.2) is 9.97 Å². The lowest BCUT2D eigenvalue weighted by Gasteiger charge is -2.12. The number of fused-ring (bicyclic) bond motifs is 3. The number of rotatable bonds is 10. The molecule has 0 unspecified atom stereocenters. The first-order chi connectivity index (χ1) is 13.2. The zero-order chi connectivity index (χ0) is 19.2. The van der Waals surface area contributed by atoms with Crippen LogP contribution >= 0.6 is 12.6 Å². The van der Waals surface area contributed by atoms with Gasteiger partial charge in [-0.2, -0.15) is 17.4 Å². The van der Waals surface area contributed by atoms with Gasteiger partial charge in [0.05, 0.1) is 5.52 Å². The van der Waals surface area contributed by atoms with E-state index in [4.69, 9.17) is 15.3 Å². The number of nitrogen functional groups attached to an aromatic ring is 1. The molecule has 0 saturated carbocycles. The van der Waals surface area contributed by atoms with Gasteiger partial charge < -0.3 is 15.3 Å². The SMILES string of the molecule is CCOCc1nc2c(N)nc3ccccc3c2n1OCCCC(=O)CCS. The quantitative estimate of drug-likeness (QED) is 0.410. The molecule has 1 aromatic carbocycles. The molecule has 8 heteroatoms. The Kier molecular flexibility index (Phi) is 6.52. The molecule has 0 amide bonds. The minimum absolute atomic E-state index is 0.192. The zero-order valence-electron chi connectivity index (χ0n) is 15.4. The van der Waals surface area contributed by atoms with Crippen LogP contribution in [0.2, 0.25) is 0 Å². The molecular formula is C19H24N4O3S. The highest BCUT2D eigenvalue weighted by molar-refractivity contribution is 7.80. The number of nitrogens with two attached hydrogens (primary N) is 1. The molecule has 2 heterocycles. The van der Waals surface area contributed by atoms with Gasteiger partial charge in [0.1, 0.15) is 30.0 Å².